The number of rotatable bonds is 6. The van der Waals surface area contributed by atoms with Crippen molar-refractivity contribution in [2.75, 3.05) is 12.1 Å². The van der Waals surface area contributed by atoms with E-state index in [0.717, 1.165) is 11.1 Å². The van der Waals surface area contributed by atoms with Gasteiger partial charge in [-0.25, -0.2) is 0 Å². The van der Waals surface area contributed by atoms with Gasteiger partial charge >= 0.3 is 0 Å². The van der Waals surface area contributed by atoms with Crippen LogP contribution in [0.1, 0.15) is 34.5 Å². The van der Waals surface area contributed by atoms with E-state index in [1.54, 1.807) is 42.5 Å². The Morgan fingerprint density at radius 3 is 2.52 bits per heavy atom. The van der Waals surface area contributed by atoms with Gasteiger partial charge < -0.3 is 20.1 Å². The Morgan fingerprint density at radius 1 is 0.935 bits per heavy atom. The van der Waals surface area contributed by atoms with Gasteiger partial charge in [-0.15, -0.1) is 0 Å². The van der Waals surface area contributed by atoms with Crippen molar-refractivity contribution in [1.29, 1.82) is 0 Å². The van der Waals surface area contributed by atoms with E-state index in [9.17, 15) is 9.59 Å². The lowest BCUT2D eigenvalue weighted by Crippen LogP contribution is -2.27. The van der Waals surface area contributed by atoms with Crippen LogP contribution in [0.15, 0.2) is 78.9 Å². The number of ether oxygens (including phenoxy) is 2. The second-order valence-corrected chi connectivity index (χ2v) is 7.09. The Labute approximate surface area is 180 Å². The number of hydrogen-bond donors (Lipinski definition) is 2. The largest absolute Gasteiger partial charge is 0.454 e. The van der Waals surface area contributed by atoms with E-state index < -0.39 is 0 Å². The normalized spacial score (nSPS) is 13.1. The first-order valence-electron chi connectivity index (χ1n) is 9.94. The fourth-order valence-electron chi connectivity index (χ4n) is 3.25. The lowest BCUT2D eigenvalue weighted by Gasteiger charge is -2.16. The maximum atomic E-state index is 12.8. The monoisotopic (exact) mass is 414 g/mol. The van der Waals surface area contributed by atoms with Crippen LogP contribution in [-0.4, -0.2) is 18.6 Å². The number of fused-ring (bicyclic) bond motifs is 1. The van der Waals surface area contributed by atoms with Gasteiger partial charge in [0.2, 0.25) is 12.7 Å². The van der Waals surface area contributed by atoms with E-state index in [0.29, 0.717) is 22.7 Å². The summed E-state index contributed by atoms with van der Waals surface area (Å²) in [5.74, 6) is 0.740. The van der Waals surface area contributed by atoms with E-state index in [1.165, 1.54) is 6.08 Å². The average molecular weight is 414 g/mol. The lowest BCUT2D eigenvalue weighted by molar-refractivity contribution is -0.111. The first kappa shape index (κ1) is 20.2. The second kappa shape index (κ2) is 9.17. The van der Waals surface area contributed by atoms with Gasteiger partial charge in [-0.3, -0.25) is 9.59 Å². The van der Waals surface area contributed by atoms with Crippen molar-refractivity contribution in [3.63, 3.8) is 0 Å². The highest BCUT2D eigenvalue weighted by Gasteiger charge is 2.16. The molecule has 0 fully saturated rings. The van der Waals surface area contributed by atoms with Crippen molar-refractivity contribution in [3.8, 4) is 11.5 Å². The molecule has 1 aliphatic heterocycles. The van der Waals surface area contributed by atoms with Crippen molar-refractivity contribution in [2.45, 2.75) is 13.0 Å². The van der Waals surface area contributed by atoms with Gasteiger partial charge in [-0.05, 0) is 48.4 Å². The maximum absolute atomic E-state index is 12.8. The third-order valence-electron chi connectivity index (χ3n) is 4.90. The van der Waals surface area contributed by atoms with E-state index in [1.807, 2.05) is 43.3 Å². The van der Waals surface area contributed by atoms with Crippen LogP contribution in [0, 0.1) is 0 Å². The number of anilines is 1. The molecule has 2 amide bonds. The summed E-state index contributed by atoms with van der Waals surface area (Å²) in [5, 5.41) is 5.76. The third-order valence-corrected chi connectivity index (χ3v) is 4.90. The SMILES string of the molecule is C[C@H](NC(=O)c1ccccc1NC(=O)/C=C/c1ccc2c(c1)OCO2)c1ccccc1. The topological polar surface area (TPSA) is 76.7 Å². The van der Waals surface area contributed by atoms with Crippen LogP contribution in [-0.2, 0) is 4.79 Å². The molecule has 1 atom stereocenters. The van der Waals surface area contributed by atoms with E-state index in [4.69, 9.17) is 9.47 Å². The van der Waals surface area contributed by atoms with Crippen molar-refractivity contribution in [3.05, 3.63) is 95.6 Å². The van der Waals surface area contributed by atoms with Crippen LogP contribution in [0.3, 0.4) is 0 Å². The van der Waals surface area contributed by atoms with Crippen molar-refractivity contribution in [1.82, 2.24) is 5.32 Å². The van der Waals surface area contributed by atoms with Gasteiger partial charge in [-0.1, -0.05) is 48.5 Å². The Morgan fingerprint density at radius 2 is 1.68 bits per heavy atom. The van der Waals surface area contributed by atoms with Crippen LogP contribution < -0.4 is 20.1 Å². The zero-order valence-corrected chi connectivity index (χ0v) is 17.0. The number of para-hydroxylation sites is 1. The molecule has 6 nitrogen and oxygen atoms in total. The van der Waals surface area contributed by atoms with Gasteiger partial charge in [-0.2, -0.15) is 0 Å². The summed E-state index contributed by atoms with van der Waals surface area (Å²) < 4.78 is 10.6. The number of carbonyl (C=O) groups is 2. The van der Waals surface area contributed by atoms with Gasteiger partial charge in [0.25, 0.3) is 5.91 Å². The average Bonchev–Trinajstić information content (AvgIpc) is 3.26. The number of carbonyl (C=O) groups excluding carboxylic acids is 2. The minimum absolute atomic E-state index is 0.164. The standard InChI is InChI=1S/C25H22N2O4/c1-17(19-7-3-2-4-8-19)26-25(29)20-9-5-6-10-21(20)27-24(28)14-12-18-11-13-22-23(15-18)31-16-30-22/h2-15,17H,16H2,1H3,(H,26,29)(H,27,28)/b14-12+/t17-/m0/s1. The number of hydrogen-bond acceptors (Lipinski definition) is 4. The molecular weight excluding hydrogens is 392 g/mol. The fraction of sp³-hybridized carbons (Fsp3) is 0.120. The minimum atomic E-state index is -0.339. The molecule has 3 aromatic rings. The molecule has 0 aromatic heterocycles. The molecule has 0 radical (unpaired) electrons. The van der Waals surface area contributed by atoms with Gasteiger partial charge in [0.15, 0.2) is 11.5 Å². The molecule has 0 bridgehead atoms. The third kappa shape index (κ3) is 4.93. The summed E-state index contributed by atoms with van der Waals surface area (Å²) in [4.78, 5) is 25.3. The van der Waals surface area contributed by atoms with E-state index >= 15 is 0 Å². The summed E-state index contributed by atoms with van der Waals surface area (Å²) in [6, 6.07) is 21.9. The van der Waals surface area contributed by atoms with Gasteiger partial charge in [0.05, 0.1) is 17.3 Å². The fourth-order valence-corrected chi connectivity index (χ4v) is 3.25. The summed E-state index contributed by atoms with van der Waals surface area (Å²) in [6.45, 7) is 2.12. The first-order valence-corrected chi connectivity index (χ1v) is 9.94. The van der Waals surface area contributed by atoms with Gasteiger partial charge in [0.1, 0.15) is 0 Å². The van der Waals surface area contributed by atoms with E-state index in [-0.39, 0.29) is 24.6 Å². The predicted molar refractivity (Wildman–Crippen MR) is 119 cm³/mol. The zero-order valence-electron chi connectivity index (χ0n) is 17.0. The summed E-state index contributed by atoms with van der Waals surface area (Å²) in [6.07, 6.45) is 3.09. The van der Waals surface area contributed by atoms with Crippen LogP contribution in [0.4, 0.5) is 5.69 Å². The van der Waals surface area contributed by atoms with Crippen LogP contribution >= 0.6 is 0 Å². The van der Waals surface area contributed by atoms with Crippen LogP contribution in [0.5, 0.6) is 11.5 Å². The highest BCUT2D eigenvalue weighted by atomic mass is 16.7. The number of benzene rings is 3. The molecule has 1 heterocycles. The Hall–Kier alpha value is -4.06. The molecule has 3 aromatic carbocycles. The Balaban J connectivity index is 1.43. The molecule has 156 valence electrons. The molecule has 6 heteroatoms. The van der Waals surface area contributed by atoms with Crippen molar-refractivity contribution < 1.29 is 19.1 Å². The molecule has 0 unspecified atom stereocenters. The smallest absolute Gasteiger partial charge is 0.253 e. The van der Waals surface area contributed by atoms with Crippen molar-refractivity contribution >= 4 is 23.6 Å². The van der Waals surface area contributed by atoms with Crippen LogP contribution in [0.25, 0.3) is 6.08 Å². The second-order valence-electron chi connectivity index (χ2n) is 7.09. The molecule has 2 N–H and O–H groups in total. The molecular formula is C25H22N2O4. The Kier molecular flexibility index (Phi) is 5.98. The molecule has 31 heavy (non-hydrogen) atoms. The molecule has 0 aliphatic carbocycles. The highest BCUT2D eigenvalue weighted by molar-refractivity contribution is 6.07. The summed E-state index contributed by atoms with van der Waals surface area (Å²) in [7, 11) is 0. The predicted octanol–water partition coefficient (Wildman–Crippen LogP) is 4.56. The quantitative estimate of drug-likeness (QED) is 0.580. The lowest BCUT2D eigenvalue weighted by atomic mass is 10.1. The first-order chi connectivity index (χ1) is 15.1. The molecule has 0 saturated carbocycles. The summed E-state index contributed by atoms with van der Waals surface area (Å²) >= 11 is 0. The molecule has 4 rings (SSSR count). The minimum Gasteiger partial charge on any atom is -0.454 e. The van der Waals surface area contributed by atoms with Crippen LogP contribution in [0.2, 0.25) is 0 Å². The Bertz CT molecular complexity index is 1130. The molecule has 1 aliphatic rings. The van der Waals surface area contributed by atoms with Gasteiger partial charge in [0, 0.05) is 6.08 Å². The number of amides is 2. The zero-order chi connectivity index (χ0) is 21.6. The highest BCUT2D eigenvalue weighted by Crippen LogP contribution is 2.32. The molecule has 0 saturated heterocycles. The summed E-state index contributed by atoms with van der Waals surface area (Å²) in [5.41, 5.74) is 2.65. The maximum Gasteiger partial charge on any atom is 0.253 e. The number of nitrogens with one attached hydrogen (secondary N) is 2. The molecule has 0 spiro atoms. The van der Waals surface area contributed by atoms with E-state index in [2.05, 4.69) is 10.6 Å². The van der Waals surface area contributed by atoms with Crippen molar-refractivity contribution in [2.24, 2.45) is 0 Å².